The molecule has 0 aromatic heterocycles. The molecule has 0 spiro atoms. The molecule has 0 aliphatic rings. The molecule has 1 N–H and O–H groups in total. The molecule has 1 rings (SSSR count). The van der Waals surface area contributed by atoms with E-state index in [9.17, 15) is 4.79 Å². The van der Waals surface area contributed by atoms with Crippen LogP contribution in [0, 0.1) is 0 Å². The number of carbonyl (C=O) groups is 1. The number of rotatable bonds is 4. The van der Waals surface area contributed by atoms with Crippen LogP contribution >= 0.6 is 0 Å². The van der Waals surface area contributed by atoms with Crippen LogP contribution in [0.4, 0.5) is 5.69 Å². The fraction of sp³-hybridized carbons (Fsp3) is 0.250. The van der Waals surface area contributed by atoms with Gasteiger partial charge in [0.05, 0.1) is 0 Å². The lowest BCUT2D eigenvalue weighted by atomic mass is 10.1. The monoisotopic (exact) mass is 189 g/mol. The van der Waals surface area contributed by atoms with Crippen molar-refractivity contribution in [3.8, 4) is 0 Å². The first kappa shape index (κ1) is 10.5. The number of ketones is 1. The Balaban J connectivity index is 2.73. The van der Waals surface area contributed by atoms with E-state index >= 15 is 0 Å². The van der Waals surface area contributed by atoms with Gasteiger partial charge in [-0.25, -0.2) is 0 Å². The van der Waals surface area contributed by atoms with Crippen LogP contribution in [-0.4, -0.2) is 12.3 Å². The zero-order valence-electron chi connectivity index (χ0n) is 8.63. The molecule has 0 aliphatic carbocycles. The molecule has 0 unspecified atom stereocenters. The molecule has 0 atom stereocenters. The lowest BCUT2D eigenvalue weighted by Crippen LogP contribution is -2.02. The average Bonchev–Trinajstić information content (AvgIpc) is 2.15. The van der Waals surface area contributed by atoms with Crippen molar-refractivity contribution in [3.63, 3.8) is 0 Å². The number of hydrogen-bond donors (Lipinski definition) is 1. The second-order valence-corrected chi connectivity index (χ2v) is 3.45. The van der Waals surface area contributed by atoms with E-state index in [4.69, 9.17) is 0 Å². The van der Waals surface area contributed by atoms with Crippen LogP contribution in [0.5, 0.6) is 0 Å². The number of carbonyl (C=O) groups excluding carboxylic acids is 1. The van der Waals surface area contributed by atoms with Gasteiger partial charge in [0.1, 0.15) is 0 Å². The zero-order chi connectivity index (χ0) is 10.6. The molecule has 1 aromatic rings. The summed E-state index contributed by atoms with van der Waals surface area (Å²) < 4.78 is 0. The van der Waals surface area contributed by atoms with Crippen molar-refractivity contribution in [1.29, 1.82) is 0 Å². The molecule has 0 radical (unpaired) electrons. The van der Waals surface area contributed by atoms with Gasteiger partial charge in [-0.3, -0.25) is 4.79 Å². The van der Waals surface area contributed by atoms with Gasteiger partial charge in [-0.1, -0.05) is 24.3 Å². The Hall–Kier alpha value is -1.57. The summed E-state index contributed by atoms with van der Waals surface area (Å²) in [5, 5.41) is 3.19. The second kappa shape index (κ2) is 4.61. The van der Waals surface area contributed by atoms with Crippen molar-refractivity contribution < 1.29 is 4.79 Å². The van der Waals surface area contributed by atoms with E-state index in [1.54, 1.807) is 6.92 Å². The predicted octanol–water partition coefficient (Wildman–Crippen LogP) is 2.88. The lowest BCUT2D eigenvalue weighted by molar-refractivity contribution is 0.101. The lowest BCUT2D eigenvalue weighted by Gasteiger charge is -2.06. The van der Waals surface area contributed by atoms with Crippen molar-refractivity contribution in [2.24, 2.45) is 0 Å². The predicted molar refractivity (Wildman–Crippen MR) is 59.8 cm³/mol. The smallest absolute Gasteiger partial charge is 0.159 e. The van der Waals surface area contributed by atoms with Gasteiger partial charge in [0.2, 0.25) is 0 Å². The first-order valence-electron chi connectivity index (χ1n) is 4.59. The first-order valence-corrected chi connectivity index (χ1v) is 4.59. The van der Waals surface area contributed by atoms with E-state index in [1.807, 2.05) is 31.2 Å². The van der Waals surface area contributed by atoms with Gasteiger partial charge in [-0.2, -0.15) is 0 Å². The normalized spacial score (nSPS) is 9.57. The van der Waals surface area contributed by atoms with E-state index < -0.39 is 0 Å². The fourth-order valence-corrected chi connectivity index (χ4v) is 1.10. The first-order chi connectivity index (χ1) is 6.59. The minimum absolute atomic E-state index is 0.0870. The third-order valence-electron chi connectivity index (χ3n) is 1.86. The van der Waals surface area contributed by atoms with Crippen LogP contribution in [0.2, 0.25) is 0 Å². The SMILES string of the molecule is C=C(C)CNc1cccc(C(C)=O)c1. The van der Waals surface area contributed by atoms with Crippen LogP contribution in [0.3, 0.4) is 0 Å². The summed E-state index contributed by atoms with van der Waals surface area (Å²) in [6.45, 7) is 8.06. The van der Waals surface area contributed by atoms with Gasteiger partial charge in [0, 0.05) is 17.8 Å². The summed E-state index contributed by atoms with van der Waals surface area (Å²) in [7, 11) is 0. The molecule has 2 nitrogen and oxygen atoms in total. The molecule has 1 aromatic carbocycles. The highest BCUT2D eigenvalue weighted by molar-refractivity contribution is 5.94. The van der Waals surface area contributed by atoms with Gasteiger partial charge < -0.3 is 5.32 Å². The maximum absolute atomic E-state index is 11.1. The van der Waals surface area contributed by atoms with E-state index in [1.165, 1.54) is 0 Å². The molecule has 0 heterocycles. The summed E-state index contributed by atoms with van der Waals surface area (Å²) in [6.07, 6.45) is 0. The quantitative estimate of drug-likeness (QED) is 0.583. The summed E-state index contributed by atoms with van der Waals surface area (Å²) in [5.41, 5.74) is 2.76. The average molecular weight is 189 g/mol. The highest BCUT2D eigenvalue weighted by Crippen LogP contribution is 2.11. The van der Waals surface area contributed by atoms with Crippen LogP contribution in [0.15, 0.2) is 36.4 Å². The minimum atomic E-state index is 0.0870. The van der Waals surface area contributed by atoms with Crippen molar-refractivity contribution in [1.82, 2.24) is 0 Å². The molecule has 0 amide bonds. The van der Waals surface area contributed by atoms with Crippen molar-refractivity contribution in [2.45, 2.75) is 13.8 Å². The third kappa shape index (κ3) is 3.05. The molecule has 0 saturated heterocycles. The summed E-state index contributed by atoms with van der Waals surface area (Å²) in [5.74, 6) is 0.0870. The van der Waals surface area contributed by atoms with E-state index in [0.717, 1.165) is 23.4 Å². The maximum Gasteiger partial charge on any atom is 0.159 e. The fourth-order valence-electron chi connectivity index (χ4n) is 1.10. The molecule has 74 valence electrons. The third-order valence-corrected chi connectivity index (χ3v) is 1.86. The number of nitrogens with one attached hydrogen (secondary N) is 1. The molecule has 0 aliphatic heterocycles. The minimum Gasteiger partial charge on any atom is -0.381 e. The molecular weight excluding hydrogens is 174 g/mol. The van der Waals surface area contributed by atoms with Crippen molar-refractivity contribution >= 4 is 11.5 Å². The van der Waals surface area contributed by atoms with E-state index in [2.05, 4.69) is 11.9 Å². The highest BCUT2D eigenvalue weighted by atomic mass is 16.1. The van der Waals surface area contributed by atoms with Gasteiger partial charge in [-0.05, 0) is 26.0 Å². The van der Waals surface area contributed by atoms with Gasteiger partial charge >= 0.3 is 0 Å². The zero-order valence-corrected chi connectivity index (χ0v) is 8.63. The largest absolute Gasteiger partial charge is 0.381 e. The van der Waals surface area contributed by atoms with E-state index in [0.29, 0.717) is 0 Å². The Labute approximate surface area is 84.6 Å². The Kier molecular flexibility index (Phi) is 3.46. The Bertz CT molecular complexity index is 355. The van der Waals surface area contributed by atoms with Crippen LogP contribution in [0.1, 0.15) is 24.2 Å². The number of hydrogen-bond acceptors (Lipinski definition) is 2. The van der Waals surface area contributed by atoms with Gasteiger partial charge in [0.15, 0.2) is 5.78 Å². The molecule has 14 heavy (non-hydrogen) atoms. The van der Waals surface area contributed by atoms with Crippen molar-refractivity contribution in [3.05, 3.63) is 42.0 Å². The number of anilines is 1. The van der Waals surface area contributed by atoms with Gasteiger partial charge in [-0.15, -0.1) is 0 Å². The second-order valence-electron chi connectivity index (χ2n) is 3.45. The summed E-state index contributed by atoms with van der Waals surface area (Å²) in [4.78, 5) is 11.1. The van der Waals surface area contributed by atoms with Crippen LogP contribution in [-0.2, 0) is 0 Å². The Morgan fingerprint density at radius 1 is 1.43 bits per heavy atom. The number of benzene rings is 1. The topological polar surface area (TPSA) is 29.1 Å². The highest BCUT2D eigenvalue weighted by Gasteiger charge is 1.99. The van der Waals surface area contributed by atoms with Crippen LogP contribution in [0.25, 0.3) is 0 Å². The maximum atomic E-state index is 11.1. The van der Waals surface area contributed by atoms with Crippen molar-refractivity contribution in [2.75, 3.05) is 11.9 Å². The molecule has 0 bridgehead atoms. The van der Waals surface area contributed by atoms with Crippen LogP contribution < -0.4 is 5.32 Å². The Morgan fingerprint density at radius 2 is 2.14 bits per heavy atom. The van der Waals surface area contributed by atoms with Gasteiger partial charge in [0.25, 0.3) is 0 Å². The summed E-state index contributed by atoms with van der Waals surface area (Å²) in [6, 6.07) is 7.48. The summed E-state index contributed by atoms with van der Waals surface area (Å²) >= 11 is 0. The molecule has 0 fully saturated rings. The Morgan fingerprint density at radius 3 is 2.71 bits per heavy atom. The molecule has 0 saturated carbocycles. The number of Topliss-reactive ketones (excluding diaryl/α,β-unsaturated/α-hetero) is 1. The van der Waals surface area contributed by atoms with E-state index in [-0.39, 0.29) is 5.78 Å². The molecule has 2 heteroatoms. The molecular formula is C12H15NO. The standard InChI is InChI=1S/C12H15NO/c1-9(2)8-13-12-6-4-5-11(7-12)10(3)14/h4-7,13H,1,8H2,2-3H3.